The lowest BCUT2D eigenvalue weighted by Crippen LogP contribution is -2.12. The maximum Gasteiger partial charge on any atom is 0.291 e. The van der Waals surface area contributed by atoms with Crippen molar-refractivity contribution in [3.05, 3.63) is 90.3 Å². The molecular weight excluding hydrogens is 378 g/mol. The van der Waals surface area contributed by atoms with Crippen molar-refractivity contribution in [2.75, 3.05) is 5.32 Å². The summed E-state index contributed by atoms with van der Waals surface area (Å²) in [5.74, 6) is 1.02. The van der Waals surface area contributed by atoms with Crippen molar-refractivity contribution in [1.29, 1.82) is 0 Å². The van der Waals surface area contributed by atoms with Crippen molar-refractivity contribution in [2.24, 2.45) is 0 Å². The van der Waals surface area contributed by atoms with Crippen LogP contribution in [0.1, 0.15) is 16.1 Å². The van der Waals surface area contributed by atoms with Gasteiger partial charge < -0.3 is 14.2 Å². The third-order valence-electron chi connectivity index (χ3n) is 4.87. The second-order valence-corrected chi connectivity index (χ2v) is 6.81. The first-order valence-corrected chi connectivity index (χ1v) is 9.47. The molecular formula is C24H17N3O3. The molecule has 6 nitrogen and oxygen atoms in total. The zero-order valence-corrected chi connectivity index (χ0v) is 16.1. The number of nitrogens with zero attached hydrogens (tertiary/aromatic N) is 2. The average Bonchev–Trinajstić information content (AvgIpc) is 3.43. The highest BCUT2D eigenvalue weighted by atomic mass is 16.4. The Balaban J connectivity index is 1.42. The standard InChI is InChI=1S/C24H17N3O3/c1-15-17(24-27-22-20(30-24)11-6-14-25-22)9-5-10-18(15)26-23(28)21-13-12-19(29-21)16-7-3-2-4-8-16/h2-14H,1H3,(H,26,28). The lowest BCUT2D eigenvalue weighted by molar-refractivity contribution is 0.0997. The summed E-state index contributed by atoms with van der Waals surface area (Å²) in [6, 6.07) is 22.3. The summed E-state index contributed by atoms with van der Waals surface area (Å²) >= 11 is 0. The van der Waals surface area contributed by atoms with Crippen LogP contribution in [0.4, 0.5) is 5.69 Å². The molecule has 0 fully saturated rings. The molecule has 30 heavy (non-hydrogen) atoms. The number of hydrogen-bond donors (Lipinski definition) is 1. The molecule has 2 aromatic carbocycles. The number of carbonyl (C=O) groups is 1. The Morgan fingerprint density at radius 2 is 1.77 bits per heavy atom. The zero-order chi connectivity index (χ0) is 20.5. The van der Waals surface area contributed by atoms with Crippen molar-refractivity contribution in [3.63, 3.8) is 0 Å². The average molecular weight is 395 g/mol. The summed E-state index contributed by atoms with van der Waals surface area (Å²) in [6.45, 7) is 1.91. The van der Waals surface area contributed by atoms with Crippen LogP contribution in [0.5, 0.6) is 0 Å². The number of fused-ring (bicyclic) bond motifs is 1. The number of benzene rings is 2. The normalized spacial score (nSPS) is 11.0. The number of hydrogen-bond acceptors (Lipinski definition) is 5. The van der Waals surface area contributed by atoms with Gasteiger partial charge in [-0.1, -0.05) is 36.4 Å². The molecule has 0 aliphatic rings. The van der Waals surface area contributed by atoms with Gasteiger partial charge >= 0.3 is 0 Å². The molecule has 0 aliphatic heterocycles. The molecule has 6 heteroatoms. The van der Waals surface area contributed by atoms with Crippen LogP contribution in [0.25, 0.3) is 34.0 Å². The van der Waals surface area contributed by atoms with E-state index < -0.39 is 0 Å². The van der Waals surface area contributed by atoms with Gasteiger partial charge in [-0.15, -0.1) is 0 Å². The van der Waals surface area contributed by atoms with Crippen LogP contribution in [0, 0.1) is 6.92 Å². The first-order chi connectivity index (χ1) is 14.7. The van der Waals surface area contributed by atoms with Gasteiger partial charge in [0.25, 0.3) is 5.91 Å². The third-order valence-corrected chi connectivity index (χ3v) is 4.87. The number of aromatic nitrogens is 2. The van der Waals surface area contributed by atoms with Crippen LogP contribution in [0.3, 0.4) is 0 Å². The van der Waals surface area contributed by atoms with Crippen molar-refractivity contribution in [2.45, 2.75) is 6.92 Å². The van der Waals surface area contributed by atoms with Crippen LogP contribution >= 0.6 is 0 Å². The predicted octanol–water partition coefficient (Wildman–Crippen LogP) is 5.71. The first kappa shape index (κ1) is 17.9. The third kappa shape index (κ3) is 3.24. The van der Waals surface area contributed by atoms with Gasteiger partial charge in [0.15, 0.2) is 17.0 Å². The van der Waals surface area contributed by atoms with E-state index in [1.54, 1.807) is 24.4 Å². The molecule has 0 spiro atoms. The second-order valence-electron chi connectivity index (χ2n) is 6.81. The minimum absolute atomic E-state index is 0.240. The zero-order valence-electron chi connectivity index (χ0n) is 16.1. The van der Waals surface area contributed by atoms with Gasteiger partial charge in [-0.2, -0.15) is 4.98 Å². The number of carbonyl (C=O) groups excluding carboxylic acids is 1. The SMILES string of the molecule is Cc1c(NC(=O)c2ccc(-c3ccccc3)o2)cccc1-c1nc2ncccc2o1. The molecule has 0 unspecified atom stereocenters. The van der Waals surface area contributed by atoms with E-state index in [2.05, 4.69) is 15.3 Å². The maximum absolute atomic E-state index is 12.7. The number of anilines is 1. The monoisotopic (exact) mass is 395 g/mol. The van der Waals surface area contributed by atoms with E-state index in [9.17, 15) is 4.79 Å². The second kappa shape index (κ2) is 7.33. The van der Waals surface area contributed by atoms with Crippen LogP contribution in [0.15, 0.2) is 87.8 Å². The van der Waals surface area contributed by atoms with Gasteiger partial charge in [0.05, 0.1) is 0 Å². The molecule has 1 N–H and O–H groups in total. The molecule has 1 amide bonds. The summed E-state index contributed by atoms with van der Waals surface area (Å²) in [7, 11) is 0. The molecule has 3 heterocycles. The fourth-order valence-corrected chi connectivity index (χ4v) is 3.29. The van der Waals surface area contributed by atoms with Crippen LogP contribution in [-0.2, 0) is 0 Å². The Hall–Kier alpha value is -4.19. The van der Waals surface area contributed by atoms with Crippen molar-refractivity contribution in [3.8, 4) is 22.8 Å². The molecule has 5 rings (SSSR count). The van der Waals surface area contributed by atoms with Crippen LogP contribution < -0.4 is 5.32 Å². The Kier molecular flexibility index (Phi) is 4.37. The van der Waals surface area contributed by atoms with E-state index in [-0.39, 0.29) is 11.7 Å². The number of rotatable bonds is 4. The van der Waals surface area contributed by atoms with Gasteiger partial charge in [-0.05, 0) is 48.9 Å². The van der Waals surface area contributed by atoms with Gasteiger partial charge in [0.1, 0.15) is 5.76 Å². The molecule has 3 aromatic heterocycles. The highest BCUT2D eigenvalue weighted by Crippen LogP contribution is 2.30. The van der Waals surface area contributed by atoms with Crippen molar-refractivity contribution in [1.82, 2.24) is 9.97 Å². The number of amides is 1. The first-order valence-electron chi connectivity index (χ1n) is 9.47. The fraction of sp³-hybridized carbons (Fsp3) is 0.0417. The minimum atomic E-state index is -0.323. The smallest absolute Gasteiger partial charge is 0.291 e. The summed E-state index contributed by atoms with van der Waals surface area (Å²) in [6.07, 6.45) is 1.67. The van der Waals surface area contributed by atoms with Crippen LogP contribution in [0.2, 0.25) is 0 Å². The minimum Gasteiger partial charge on any atom is -0.451 e. The van der Waals surface area contributed by atoms with Gasteiger partial charge in [0, 0.05) is 23.0 Å². The Morgan fingerprint density at radius 3 is 2.60 bits per heavy atom. The van der Waals surface area contributed by atoms with Gasteiger partial charge in [-0.3, -0.25) is 4.79 Å². The van der Waals surface area contributed by atoms with E-state index >= 15 is 0 Å². The maximum atomic E-state index is 12.7. The van der Waals surface area contributed by atoms with Gasteiger partial charge in [0.2, 0.25) is 5.89 Å². The van der Waals surface area contributed by atoms with Crippen molar-refractivity contribution < 1.29 is 13.6 Å². The summed E-state index contributed by atoms with van der Waals surface area (Å²) in [4.78, 5) is 21.4. The van der Waals surface area contributed by atoms with E-state index in [4.69, 9.17) is 8.83 Å². The lowest BCUT2D eigenvalue weighted by atomic mass is 10.1. The number of nitrogens with one attached hydrogen (secondary N) is 1. The highest BCUT2D eigenvalue weighted by Gasteiger charge is 2.17. The largest absolute Gasteiger partial charge is 0.451 e. The summed E-state index contributed by atoms with van der Waals surface area (Å²) in [5, 5.41) is 2.92. The lowest BCUT2D eigenvalue weighted by Gasteiger charge is -2.10. The molecule has 0 saturated heterocycles. The summed E-state index contributed by atoms with van der Waals surface area (Å²) < 4.78 is 11.6. The highest BCUT2D eigenvalue weighted by molar-refractivity contribution is 6.03. The quantitative estimate of drug-likeness (QED) is 0.421. The number of pyridine rings is 1. The molecule has 0 radical (unpaired) electrons. The van der Waals surface area contributed by atoms with E-state index in [0.717, 1.165) is 16.7 Å². The molecule has 0 atom stereocenters. The predicted molar refractivity (Wildman–Crippen MR) is 114 cm³/mol. The molecule has 146 valence electrons. The van der Waals surface area contributed by atoms with E-state index in [1.807, 2.05) is 61.5 Å². The fourth-order valence-electron chi connectivity index (χ4n) is 3.29. The molecule has 0 aliphatic carbocycles. The Labute approximate surface area is 172 Å². The number of oxazole rings is 1. The van der Waals surface area contributed by atoms with E-state index in [1.165, 1.54) is 0 Å². The van der Waals surface area contributed by atoms with Crippen LogP contribution in [-0.4, -0.2) is 15.9 Å². The van der Waals surface area contributed by atoms with Gasteiger partial charge in [-0.25, -0.2) is 4.98 Å². The molecule has 5 aromatic rings. The van der Waals surface area contributed by atoms with Crippen molar-refractivity contribution >= 4 is 22.8 Å². The summed E-state index contributed by atoms with van der Waals surface area (Å²) in [5.41, 5.74) is 4.36. The Morgan fingerprint density at radius 1 is 0.900 bits per heavy atom. The molecule has 0 saturated carbocycles. The topological polar surface area (TPSA) is 81.2 Å². The Bertz CT molecular complexity index is 1320. The molecule has 0 bridgehead atoms. The number of furan rings is 1. The van der Waals surface area contributed by atoms with E-state index in [0.29, 0.717) is 28.6 Å².